The van der Waals surface area contributed by atoms with Crippen molar-refractivity contribution >= 4 is 50.4 Å². The SMILES string of the molecule is N=c1sc2nc3cc([N+](=O)[O-])c([N+](=O)[O-])cc3nc2n1/N=C/c1ccccc1. The first kappa shape index (κ1) is 17.4. The number of nitro benzene ring substituents is 2. The highest BCUT2D eigenvalue weighted by molar-refractivity contribution is 7.15. The molecule has 4 rings (SSSR count). The lowest BCUT2D eigenvalue weighted by molar-refractivity contribution is -0.422. The number of aromatic nitrogens is 3. The van der Waals surface area contributed by atoms with Crippen LogP contribution in [0.1, 0.15) is 5.56 Å². The van der Waals surface area contributed by atoms with Crippen LogP contribution in [0.25, 0.3) is 21.5 Å². The molecule has 2 aromatic carbocycles. The average Bonchev–Trinajstić information content (AvgIpc) is 2.98. The molecule has 2 aromatic heterocycles. The van der Waals surface area contributed by atoms with Crippen molar-refractivity contribution in [3.63, 3.8) is 0 Å². The number of nitrogens with zero attached hydrogens (tertiary/aromatic N) is 6. The quantitative estimate of drug-likeness (QED) is 0.318. The number of hydrogen-bond acceptors (Lipinski definition) is 9. The number of thiazole rings is 1. The van der Waals surface area contributed by atoms with Gasteiger partial charge in [0.1, 0.15) is 0 Å². The zero-order valence-electron chi connectivity index (χ0n) is 13.8. The molecule has 0 aliphatic carbocycles. The van der Waals surface area contributed by atoms with Gasteiger partial charge in [-0.1, -0.05) is 41.7 Å². The summed E-state index contributed by atoms with van der Waals surface area (Å²) in [7, 11) is 0. The van der Waals surface area contributed by atoms with Gasteiger partial charge in [-0.15, -0.1) is 0 Å². The third-order valence-electron chi connectivity index (χ3n) is 3.81. The molecule has 0 unspecified atom stereocenters. The Labute approximate surface area is 159 Å². The molecule has 11 nitrogen and oxygen atoms in total. The zero-order valence-corrected chi connectivity index (χ0v) is 14.7. The fourth-order valence-electron chi connectivity index (χ4n) is 2.56. The Morgan fingerprint density at radius 3 is 2.25 bits per heavy atom. The van der Waals surface area contributed by atoms with E-state index in [1.807, 2.05) is 30.3 Å². The Kier molecular flexibility index (Phi) is 4.08. The number of nitrogens with one attached hydrogen (secondary N) is 1. The molecule has 28 heavy (non-hydrogen) atoms. The van der Waals surface area contributed by atoms with E-state index in [9.17, 15) is 20.2 Å². The van der Waals surface area contributed by atoms with Crippen LogP contribution in [0, 0.1) is 25.6 Å². The van der Waals surface area contributed by atoms with Crippen molar-refractivity contribution in [2.24, 2.45) is 5.10 Å². The molecule has 0 bridgehead atoms. The van der Waals surface area contributed by atoms with Gasteiger partial charge in [-0.05, 0) is 5.56 Å². The van der Waals surface area contributed by atoms with Crippen LogP contribution in [0.5, 0.6) is 0 Å². The molecule has 0 spiro atoms. The molecule has 138 valence electrons. The van der Waals surface area contributed by atoms with Gasteiger partial charge in [0.15, 0.2) is 10.5 Å². The fourth-order valence-corrected chi connectivity index (χ4v) is 3.33. The van der Waals surface area contributed by atoms with E-state index in [-0.39, 0.29) is 21.5 Å². The molecule has 12 heteroatoms. The van der Waals surface area contributed by atoms with Gasteiger partial charge in [0, 0.05) is 0 Å². The van der Waals surface area contributed by atoms with Crippen LogP contribution in [-0.4, -0.2) is 30.7 Å². The van der Waals surface area contributed by atoms with E-state index in [4.69, 9.17) is 5.41 Å². The summed E-state index contributed by atoms with van der Waals surface area (Å²) in [5, 5.41) is 34.6. The van der Waals surface area contributed by atoms with Gasteiger partial charge in [-0.25, -0.2) is 9.97 Å². The third-order valence-corrected chi connectivity index (χ3v) is 4.65. The van der Waals surface area contributed by atoms with Crippen LogP contribution < -0.4 is 4.80 Å². The second-order valence-electron chi connectivity index (χ2n) is 5.57. The standard InChI is InChI=1S/C16H9N7O4S/c17-16-21(18-8-9-4-2-1-3-5-9)14-15(28-16)20-11-7-13(23(26)27)12(22(24)25)6-10(11)19-14/h1-8,17H/b17-16?,18-8+. The smallest absolute Gasteiger partial charge is 0.273 e. The Hall–Kier alpha value is -4.06. The molecule has 1 N–H and O–H groups in total. The van der Waals surface area contributed by atoms with Crippen molar-refractivity contribution in [3.05, 3.63) is 73.1 Å². The van der Waals surface area contributed by atoms with Crippen molar-refractivity contribution in [3.8, 4) is 0 Å². The van der Waals surface area contributed by atoms with Crippen LogP contribution in [0.15, 0.2) is 47.6 Å². The van der Waals surface area contributed by atoms with Crippen LogP contribution in [0.4, 0.5) is 11.4 Å². The van der Waals surface area contributed by atoms with Gasteiger partial charge in [-0.3, -0.25) is 25.6 Å². The first-order valence-corrected chi connectivity index (χ1v) is 8.56. The van der Waals surface area contributed by atoms with Crippen LogP contribution in [0.2, 0.25) is 0 Å². The van der Waals surface area contributed by atoms with Crippen molar-refractivity contribution < 1.29 is 9.85 Å². The van der Waals surface area contributed by atoms with Crippen molar-refractivity contribution in [1.29, 1.82) is 5.41 Å². The first-order valence-electron chi connectivity index (χ1n) is 7.74. The fraction of sp³-hybridized carbons (Fsp3) is 0. The second-order valence-corrected chi connectivity index (χ2v) is 6.55. The molecule has 0 fully saturated rings. The largest absolute Gasteiger partial charge is 0.348 e. The molecule has 0 aliphatic heterocycles. The highest BCUT2D eigenvalue weighted by atomic mass is 32.1. The van der Waals surface area contributed by atoms with E-state index in [1.54, 1.807) is 6.21 Å². The third kappa shape index (κ3) is 2.97. The molecule has 0 aliphatic rings. The monoisotopic (exact) mass is 395 g/mol. The summed E-state index contributed by atoms with van der Waals surface area (Å²) in [6.07, 6.45) is 1.55. The molecule has 4 aromatic rings. The van der Waals surface area contributed by atoms with Crippen LogP contribution in [0.3, 0.4) is 0 Å². The maximum absolute atomic E-state index is 11.2. The molecular formula is C16H9N7O4S. The first-order chi connectivity index (χ1) is 13.4. The summed E-state index contributed by atoms with van der Waals surface area (Å²) >= 11 is 0.992. The topological polar surface area (TPSA) is 153 Å². The summed E-state index contributed by atoms with van der Waals surface area (Å²) in [4.78, 5) is 29.6. The van der Waals surface area contributed by atoms with E-state index in [1.165, 1.54) is 4.68 Å². The predicted molar refractivity (Wildman–Crippen MR) is 102 cm³/mol. The molecule has 2 heterocycles. The van der Waals surface area contributed by atoms with Crippen molar-refractivity contribution in [2.75, 3.05) is 0 Å². The van der Waals surface area contributed by atoms with E-state index in [2.05, 4.69) is 15.1 Å². The van der Waals surface area contributed by atoms with E-state index >= 15 is 0 Å². The number of fused-ring (bicyclic) bond motifs is 2. The highest BCUT2D eigenvalue weighted by Gasteiger charge is 2.26. The highest BCUT2D eigenvalue weighted by Crippen LogP contribution is 2.31. The number of nitro groups is 2. The van der Waals surface area contributed by atoms with Gasteiger partial charge < -0.3 is 0 Å². The number of rotatable bonds is 4. The van der Waals surface area contributed by atoms with Gasteiger partial charge in [0.05, 0.1) is 39.2 Å². The van der Waals surface area contributed by atoms with E-state index < -0.39 is 21.2 Å². The minimum atomic E-state index is -0.839. The molecule has 0 radical (unpaired) electrons. The van der Waals surface area contributed by atoms with Gasteiger partial charge in [-0.2, -0.15) is 9.78 Å². The lowest BCUT2D eigenvalue weighted by Gasteiger charge is -2.00. The molecular weight excluding hydrogens is 386 g/mol. The number of hydrogen-bond donors (Lipinski definition) is 1. The van der Waals surface area contributed by atoms with Crippen molar-refractivity contribution in [1.82, 2.24) is 14.6 Å². The lowest BCUT2D eigenvalue weighted by atomic mass is 10.2. The minimum Gasteiger partial charge on any atom is -0.273 e. The number of benzene rings is 2. The summed E-state index contributed by atoms with van der Waals surface area (Å²) < 4.78 is 1.26. The molecule has 0 amide bonds. The lowest BCUT2D eigenvalue weighted by Crippen LogP contribution is -2.08. The molecule has 0 saturated heterocycles. The maximum atomic E-state index is 11.2. The minimum absolute atomic E-state index is 0.0430. The zero-order chi connectivity index (χ0) is 19.8. The van der Waals surface area contributed by atoms with Crippen molar-refractivity contribution in [2.45, 2.75) is 0 Å². The Morgan fingerprint density at radius 1 is 1.04 bits per heavy atom. The summed E-state index contributed by atoms with van der Waals surface area (Å²) in [6, 6.07) is 11.3. The molecule has 0 atom stereocenters. The van der Waals surface area contributed by atoms with E-state index in [0.29, 0.717) is 4.83 Å². The van der Waals surface area contributed by atoms with Gasteiger partial charge in [0.2, 0.25) is 4.80 Å². The summed E-state index contributed by atoms with van der Waals surface area (Å²) in [5.74, 6) is 0. The Balaban J connectivity index is 1.93. The van der Waals surface area contributed by atoms with Gasteiger partial charge >= 0.3 is 11.4 Å². The summed E-state index contributed by atoms with van der Waals surface area (Å²) in [5.41, 5.74) is -0.0568. The molecule has 0 saturated carbocycles. The predicted octanol–water partition coefficient (Wildman–Crippen LogP) is 2.82. The van der Waals surface area contributed by atoms with Gasteiger partial charge in [0.25, 0.3) is 0 Å². The average molecular weight is 395 g/mol. The maximum Gasteiger partial charge on any atom is 0.348 e. The van der Waals surface area contributed by atoms with Crippen LogP contribution in [-0.2, 0) is 0 Å². The second kappa shape index (κ2) is 6.59. The Morgan fingerprint density at radius 2 is 1.64 bits per heavy atom. The Bertz CT molecular complexity index is 1340. The van der Waals surface area contributed by atoms with E-state index in [0.717, 1.165) is 29.0 Å². The van der Waals surface area contributed by atoms with Crippen LogP contribution >= 0.6 is 11.3 Å². The normalized spacial score (nSPS) is 11.4. The summed E-state index contributed by atoms with van der Waals surface area (Å²) in [6.45, 7) is 0.